The van der Waals surface area contributed by atoms with Crippen molar-refractivity contribution in [1.82, 2.24) is 4.90 Å². The van der Waals surface area contributed by atoms with E-state index >= 15 is 0 Å². The van der Waals surface area contributed by atoms with Crippen LogP contribution in [0.3, 0.4) is 0 Å². The maximum atomic E-state index is 11.8. The van der Waals surface area contributed by atoms with Crippen LogP contribution in [0.4, 0.5) is 10.5 Å². The molecule has 0 aromatic heterocycles. The second-order valence-electron chi connectivity index (χ2n) is 6.63. The van der Waals surface area contributed by atoms with E-state index < -0.39 is 0 Å². The first-order chi connectivity index (χ1) is 10.9. The molecule has 1 aliphatic heterocycles. The molecule has 0 bridgehead atoms. The first kappa shape index (κ1) is 17.4. The van der Waals surface area contributed by atoms with Crippen LogP contribution in [-0.4, -0.2) is 44.3 Å². The number of anilines is 1. The Morgan fingerprint density at radius 3 is 2.83 bits per heavy atom. The SMILES string of the molecule is COC(=O)N1CC(C)CC1C=CCN(C)c1ccc(C)cc1C. The van der Waals surface area contributed by atoms with E-state index in [0.29, 0.717) is 5.92 Å². The van der Waals surface area contributed by atoms with Gasteiger partial charge in [-0.05, 0) is 37.8 Å². The molecule has 126 valence electrons. The zero-order valence-corrected chi connectivity index (χ0v) is 14.9. The summed E-state index contributed by atoms with van der Waals surface area (Å²) in [6.45, 7) is 8.02. The number of ether oxygens (including phenoxy) is 1. The lowest BCUT2D eigenvalue weighted by Gasteiger charge is -2.22. The van der Waals surface area contributed by atoms with Gasteiger partial charge in [-0.25, -0.2) is 4.79 Å². The Morgan fingerprint density at radius 1 is 1.43 bits per heavy atom. The third-order valence-corrected chi connectivity index (χ3v) is 4.46. The molecule has 1 aromatic rings. The first-order valence-electron chi connectivity index (χ1n) is 8.22. The molecular weight excluding hydrogens is 288 g/mol. The average molecular weight is 316 g/mol. The predicted octanol–water partition coefficient (Wildman–Crippen LogP) is 3.77. The molecule has 1 fully saturated rings. The summed E-state index contributed by atoms with van der Waals surface area (Å²) >= 11 is 0. The molecule has 1 heterocycles. The highest BCUT2D eigenvalue weighted by molar-refractivity contribution is 5.68. The van der Waals surface area contributed by atoms with E-state index in [4.69, 9.17) is 4.74 Å². The number of nitrogens with zero attached hydrogens (tertiary/aromatic N) is 2. The molecule has 0 N–H and O–H groups in total. The van der Waals surface area contributed by atoms with Crippen molar-refractivity contribution in [2.75, 3.05) is 32.1 Å². The monoisotopic (exact) mass is 316 g/mol. The highest BCUT2D eigenvalue weighted by atomic mass is 16.5. The molecule has 2 rings (SSSR count). The van der Waals surface area contributed by atoms with Gasteiger partial charge in [0, 0.05) is 25.8 Å². The summed E-state index contributed by atoms with van der Waals surface area (Å²) in [6.07, 6.45) is 5.06. The van der Waals surface area contributed by atoms with Crippen LogP contribution in [0.15, 0.2) is 30.4 Å². The number of likely N-dealkylation sites (tertiary alicyclic amines) is 1. The molecule has 1 amide bonds. The van der Waals surface area contributed by atoms with Gasteiger partial charge >= 0.3 is 6.09 Å². The number of likely N-dealkylation sites (N-methyl/N-ethyl adjacent to an activating group) is 1. The van der Waals surface area contributed by atoms with Gasteiger partial charge in [0.25, 0.3) is 0 Å². The predicted molar refractivity (Wildman–Crippen MR) is 95.0 cm³/mol. The summed E-state index contributed by atoms with van der Waals surface area (Å²) in [5.74, 6) is 0.515. The maximum absolute atomic E-state index is 11.8. The molecule has 1 aliphatic rings. The van der Waals surface area contributed by atoms with Crippen LogP contribution in [0.2, 0.25) is 0 Å². The largest absolute Gasteiger partial charge is 0.453 e. The van der Waals surface area contributed by atoms with E-state index in [1.807, 2.05) is 4.90 Å². The minimum Gasteiger partial charge on any atom is -0.453 e. The van der Waals surface area contributed by atoms with Gasteiger partial charge in [-0.1, -0.05) is 36.8 Å². The van der Waals surface area contributed by atoms with Crippen LogP contribution < -0.4 is 4.90 Å². The van der Waals surface area contributed by atoms with Gasteiger partial charge in [-0.2, -0.15) is 0 Å². The van der Waals surface area contributed by atoms with Crippen LogP contribution in [0, 0.1) is 19.8 Å². The van der Waals surface area contributed by atoms with Crippen molar-refractivity contribution in [3.05, 3.63) is 41.5 Å². The Hall–Kier alpha value is -1.97. The van der Waals surface area contributed by atoms with Crippen LogP contribution in [0.25, 0.3) is 0 Å². The lowest BCUT2D eigenvalue weighted by Crippen LogP contribution is -2.34. The molecule has 0 aliphatic carbocycles. The van der Waals surface area contributed by atoms with Crippen molar-refractivity contribution in [3.63, 3.8) is 0 Å². The number of amides is 1. The normalized spacial score (nSPS) is 21.0. The van der Waals surface area contributed by atoms with Gasteiger partial charge in [0.05, 0.1) is 13.2 Å². The van der Waals surface area contributed by atoms with E-state index in [2.05, 4.69) is 63.1 Å². The molecule has 0 radical (unpaired) electrons. The molecule has 4 heteroatoms. The van der Waals surface area contributed by atoms with Crippen molar-refractivity contribution in [2.24, 2.45) is 5.92 Å². The Morgan fingerprint density at radius 2 is 2.17 bits per heavy atom. The number of hydrogen-bond donors (Lipinski definition) is 0. The Balaban J connectivity index is 1.98. The highest BCUT2D eigenvalue weighted by Crippen LogP contribution is 2.25. The Kier molecular flexibility index (Phi) is 5.69. The van der Waals surface area contributed by atoms with Crippen molar-refractivity contribution in [1.29, 1.82) is 0 Å². The molecular formula is C19H28N2O2. The van der Waals surface area contributed by atoms with Gasteiger partial charge in [-0.15, -0.1) is 0 Å². The fourth-order valence-corrected chi connectivity index (χ4v) is 3.30. The van der Waals surface area contributed by atoms with Crippen molar-refractivity contribution in [2.45, 2.75) is 33.2 Å². The van der Waals surface area contributed by atoms with E-state index in [-0.39, 0.29) is 12.1 Å². The summed E-state index contributed by atoms with van der Waals surface area (Å²) in [5, 5.41) is 0. The summed E-state index contributed by atoms with van der Waals surface area (Å²) in [6, 6.07) is 6.65. The number of benzene rings is 1. The first-order valence-corrected chi connectivity index (χ1v) is 8.22. The quantitative estimate of drug-likeness (QED) is 0.793. The third kappa shape index (κ3) is 4.27. The van der Waals surface area contributed by atoms with Crippen molar-refractivity contribution >= 4 is 11.8 Å². The molecule has 1 saturated heterocycles. The molecule has 4 nitrogen and oxygen atoms in total. The minimum atomic E-state index is -0.230. The number of carbonyl (C=O) groups excluding carboxylic acids is 1. The van der Waals surface area contributed by atoms with E-state index in [0.717, 1.165) is 19.5 Å². The number of hydrogen-bond acceptors (Lipinski definition) is 3. The summed E-state index contributed by atoms with van der Waals surface area (Å²) in [5.41, 5.74) is 3.81. The highest BCUT2D eigenvalue weighted by Gasteiger charge is 2.31. The molecule has 0 saturated carbocycles. The van der Waals surface area contributed by atoms with Crippen LogP contribution in [0.1, 0.15) is 24.5 Å². The average Bonchev–Trinajstić information content (AvgIpc) is 2.87. The Bertz CT molecular complexity index is 583. The summed E-state index contributed by atoms with van der Waals surface area (Å²) in [4.78, 5) is 15.9. The van der Waals surface area contributed by atoms with Crippen LogP contribution in [-0.2, 0) is 4.74 Å². The van der Waals surface area contributed by atoms with E-state index in [1.165, 1.54) is 23.9 Å². The zero-order valence-electron chi connectivity index (χ0n) is 14.9. The molecule has 23 heavy (non-hydrogen) atoms. The zero-order chi connectivity index (χ0) is 17.0. The Labute approximate surface area is 139 Å². The van der Waals surface area contributed by atoms with Gasteiger partial charge < -0.3 is 14.5 Å². The number of rotatable bonds is 4. The molecule has 2 unspecified atom stereocenters. The van der Waals surface area contributed by atoms with Gasteiger partial charge in [0.1, 0.15) is 0 Å². The number of carbonyl (C=O) groups is 1. The van der Waals surface area contributed by atoms with Crippen molar-refractivity contribution in [3.8, 4) is 0 Å². The lowest BCUT2D eigenvalue weighted by molar-refractivity contribution is 0.124. The van der Waals surface area contributed by atoms with Crippen molar-refractivity contribution < 1.29 is 9.53 Å². The number of methoxy groups -OCH3 is 1. The fourth-order valence-electron chi connectivity index (χ4n) is 3.30. The summed E-state index contributed by atoms with van der Waals surface area (Å²) < 4.78 is 4.88. The molecule has 2 atom stereocenters. The second kappa shape index (κ2) is 7.53. The number of aryl methyl sites for hydroxylation is 2. The van der Waals surface area contributed by atoms with Gasteiger partial charge in [-0.3, -0.25) is 0 Å². The van der Waals surface area contributed by atoms with E-state index in [1.54, 1.807) is 0 Å². The van der Waals surface area contributed by atoms with Crippen LogP contribution >= 0.6 is 0 Å². The maximum Gasteiger partial charge on any atom is 0.409 e. The minimum absolute atomic E-state index is 0.143. The topological polar surface area (TPSA) is 32.8 Å². The van der Waals surface area contributed by atoms with Gasteiger partial charge in [0.15, 0.2) is 0 Å². The molecule has 0 spiro atoms. The third-order valence-electron chi connectivity index (χ3n) is 4.46. The smallest absolute Gasteiger partial charge is 0.409 e. The van der Waals surface area contributed by atoms with E-state index in [9.17, 15) is 4.79 Å². The fraction of sp³-hybridized carbons (Fsp3) is 0.526. The molecule has 1 aromatic carbocycles. The van der Waals surface area contributed by atoms with Crippen LogP contribution in [0.5, 0.6) is 0 Å². The summed E-state index contributed by atoms with van der Waals surface area (Å²) in [7, 11) is 3.54. The second-order valence-corrected chi connectivity index (χ2v) is 6.63. The standard InChI is InChI=1S/C19H28N2O2/c1-14-8-9-18(16(3)11-14)20(4)10-6-7-17-12-15(2)13-21(17)19(22)23-5/h6-9,11,15,17H,10,12-13H2,1-5H3. The van der Waals surface area contributed by atoms with Gasteiger partial charge in [0.2, 0.25) is 0 Å². The lowest BCUT2D eigenvalue weighted by atomic mass is 10.1.